The van der Waals surface area contributed by atoms with Gasteiger partial charge in [-0.15, -0.1) is 0 Å². The van der Waals surface area contributed by atoms with Gasteiger partial charge in [-0.2, -0.15) is 0 Å². The first kappa shape index (κ1) is 14.4. The lowest BCUT2D eigenvalue weighted by molar-refractivity contribution is 0.0704. The molecule has 5 heteroatoms. The molecular formula is C13H21N3O2. The van der Waals surface area contributed by atoms with Gasteiger partial charge in [0.1, 0.15) is 0 Å². The number of aliphatic hydroxyl groups excluding tert-OH is 1. The maximum Gasteiger partial charge on any atom is 0.255 e. The Labute approximate surface area is 108 Å². The highest BCUT2D eigenvalue weighted by atomic mass is 16.3. The zero-order valence-corrected chi connectivity index (χ0v) is 11.2. The van der Waals surface area contributed by atoms with Crippen molar-refractivity contribution in [2.75, 3.05) is 25.5 Å². The van der Waals surface area contributed by atoms with Gasteiger partial charge in [-0.05, 0) is 19.4 Å². The number of aliphatic hydroxyl groups is 1. The summed E-state index contributed by atoms with van der Waals surface area (Å²) in [6.45, 7) is 4.83. The Morgan fingerprint density at radius 3 is 2.94 bits per heavy atom. The highest BCUT2D eigenvalue weighted by molar-refractivity contribution is 5.99. The van der Waals surface area contributed by atoms with Crippen molar-refractivity contribution >= 4 is 11.6 Å². The van der Waals surface area contributed by atoms with Crippen LogP contribution in [0, 0.1) is 0 Å². The molecule has 0 saturated carbocycles. The molecule has 5 nitrogen and oxygen atoms in total. The van der Waals surface area contributed by atoms with Crippen molar-refractivity contribution in [3.05, 3.63) is 24.0 Å². The Bertz CT molecular complexity index is 394. The average molecular weight is 251 g/mol. The number of likely N-dealkylation sites (N-methyl/N-ethyl adjacent to an activating group) is 1. The van der Waals surface area contributed by atoms with Crippen LogP contribution in [0.4, 0.5) is 5.69 Å². The number of rotatable bonds is 6. The van der Waals surface area contributed by atoms with Crippen LogP contribution in [0.25, 0.3) is 0 Å². The number of hydrogen-bond donors (Lipinski definition) is 2. The molecule has 1 atom stereocenters. The number of aromatic nitrogens is 1. The molecule has 1 unspecified atom stereocenters. The molecule has 1 rings (SSSR count). The smallest absolute Gasteiger partial charge is 0.255 e. The molecule has 0 aromatic carbocycles. The van der Waals surface area contributed by atoms with E-state index < -0.39 is 6.10 Å². The molecule has 1 amide bonds. The van der Waals surface area contributed by atoms with E-state index in [9.17, 15) is 9.90 Å². The van der Waals surface area contributed by atoms with Gasteiger partial charge in [0.25, 0.3) is 5.91 Å². The summed E-state index contributed by atoms with van der Waals surface area (Å²) in [7, 11) is 1.68. The van der Waals surface area contributed by atoms with Crippen LogP contribution in [-0.4, -0.2) is 47.1 Å². The van der Waals surface area contributed by atoms with Crippen molar-refractivity contribution in [1.29, 1.82) is 0 Å². The van der Waals surface area contributed by atoms with E-state index in [4.69, 9.17) is 0 Å². The van der Waals surface area contributed by atoms with Gasteiger partial charge in [-0.1, -0.05) is 6.92 Å². The summed E-state index contributed by atoms with van der Waals surface area (Å²) in [6.07, 6.45) is 3.69. The SMILES string of the molecule is CCCNc1cnccc1C(=O)N(C)CC(C)O. The van der Waals surface area contributed by atoms with Gasteiger partial charge < -0.3 is 15.3 Å². The monoisotopic (exact) mass is 251 g/mol. The van der Waals surface area contributed by atoms with Crippen LogP contribution < -0.4 is 5.32 Å². The Balaban J connectivity index is 2.84. The first-order valence-electron chi connectivity index (χ1n) is 6.17. The topological polar surface area (TPSA) is 65.5 Å². The summed E-state index contributed by atoms with van der Waals surface area (Å²) >= 11 is 0. The minimum absolute atomic E-state index is 0.114. The van der Waals surface area contributed by atoms with E-state index in [1.165, 1.54) is 4.90 Å². The quantitative estimate of drug-likeness (QED) is 0.801. The van der Waals surface area contributed by atoms with E-state index in [1.54, 1.807) is 32.4 Å². The molecule has 18 heavy (non-hydrogen) atoms. The summed E-state index contributed by atoms with van der Waals surface area (Å²) in [4.78, 5) is 17.7. The molecule has 0 aliphatic heterocycles. The van der Waals surface area contributed by atoms with Crippen LogP contribution in [0.1, 0.15) is 30.6 Å². The fourth-order valence-electron chi connectivity index (χ4n) is 1.67. The van der Waals surface area contributed by atoms with Crippen molar-refractivity contribution in [3.63, 3.8) is 0 Å². The second-order valence-corrected chi connectivity index (χ2v) is 4.38. The maximum atomic E-state index is 12.2. The fourth-order valence-corrected chi connectivity index (χ4v) is 1.67. The third-order valence-electron chi connectivity index (χ3n) is 2.50. The van der Waals surface area contributed by atoms with Crippen LogP contribution in [-0.2, 0) is 0 Å². The summed E-state index contributed by atoms with van der Waals surface area (Å²) in [6, 6.07) is 1.69. The van der Waals surface area contributed by atoms with Gasteiger partial charge >= 0.3 is 0 Å². The molecule has 2 N–H and O–H groups in total. The predicted octanol–water partition coefficient (Wildman–Crippen LogP) is 1.36. The minimum atomic E-state index is -0.534. The standard InChI is InChI=1S/C13H21N3O2/c1-4-6-15-12-8-14-7-5-11(12)13(18)16(3)9-10(2)17/h5,7-8,10,15,17H,4,6,9H2,1-3H3. The number of amides is 1. The molecule has 0 aliphatic rings. The third kappa shape index (κ3) is 4.00. The van der Waals surface area contributed by atoms with Crippen LogP contribution >= 0.6 is 0 Å². The van der Waals surface area contributed by atoms with Crippen LogP contribution in [0.5, 0.6) is 0 Å². The van der Waals surface area contributed by atoms with Gasteiger partial charge in [0.05, 0.1) is 23.6 Å². The molecule has 1 aromatic heterocycles. The van der Waals surface area contributed by atoms with E-state index in [1.807, 2.05) is 0 Å². The summed E-state index contributed by atoms with van der Waals surface area (Å²) in [5.41, 5.74) is 1.32. The first-order chi connectivity index (χ1) is 8.56. The Morgan fingerprint density at radius 1 is 1.61 bits per heavy atom. The number of pyridine rings is 1. The second-order valence-electron chi connectivity index (χ2n) is 4.38. The Kier molecular flexibility index (Phi) is 5.58. The lowest BCUT2D eigenvalue weighted by Gasteiger charge is -2.20. The Hall–Kier alpha value is -1.62. The van der Waals surface area contributed by atoms with Crippen molar-refractivity contribution in [2.24, 2.45) is 0 Å². The lowest BCUT2D eigenvalue weighted by atomic mass is 10.2. The molecule has 0 saturated heterocycles. The van der Waals surface area contributed by atoms with Gasteiger partial charge in [0.15, 0.2) is 0 Å². The Morgan fingerprint density at radius 2 is 2.33 bits per heavy atom. The van der Waals surface area contributed by atoms with E-state index >= 15 is 0 Å². The van der Waals surface area contributed by atoms with E-state index in [0.717, 1.165) is 18.7 Å². The first-order valence-corrected chi connectivity index (χ1v) is 6.17. The maximum absolute atomic E-state index is 12.2. The molecule has 1 aromatic rings. The molecule has 100 valence electrons. The largest absolute Gasteiger partial charge is 0.392 e. The second kappa shape index (κ2) is 6.96. The van der Waals surface area contributed by atoms with Crippen molar-refractivity contribution < 1.29 is 9.90 Å². The number of carbonyl (C=O) groups excluding carboxylic acids is 1. The molecule has 1 heterocycles. The fraction of sp³-hybridized carbons (Fsp3) is 0.538. The van der Waals surface area contributed by atoms with Crippen LogP contribution in [0.2, 0.25) is 0 Å². The van der Waals surface area contributed by atoms with E-state index in [0.29, 0.717) is 12.1 Å². The zero-order valence-electron chi connectivity index (χ0n) is 11.2. The highest BCUT2D eigenvalue weighted by Gasteiger charge is 2.16. The van der Waals surface area contributed by atoms with Crippen molar-refractivity contribution in [2.45, 2.75) is 26.4 Å². The van der Waals surface area contributed by atoms with Gasteiger partial charge in [0.2, 0.25) is 0 Å². The summed E-state index contributed by atoms with van der Waals surface area (Å²) in [5, 5.41) is 12.5. The highest BCUT2D eigenvalue weighted by Crippen LogP contribution is 2.15. The van der Waals surface area contributed by atoms with Gasteiger partial charge in [-0.25, -0.2) is 0 Å². The molecular weight excluding hydrogens is 230 g/mol. The summed E-state index contributed by atoms with van der Waals surface area (Å²) in [5.74, 6) is -0.114. The predicted molar refractivity (Wildman–Crippen MR) is 71.7 cm³/mol. The van der Waals surface area contributed by atoms with Gasteiger partial charge in [0, 0.05) is 26.3 Å². The summed E-state index contributed by atoms with van der Waals surface area (Å²) < 4.78 is 0. The average Bonchev–Trinajstić information content (AvgIpc) is 2.35. The number of nitrogens with one attached hydrogen (secondary N) is 1. The number of nitrogens with zero attached hydrogens (tertiary/aromatic N) is 2. The molecule has 0 fully saturated rings. The third-order valence-corrected chi connectivity index (χ3v) is 2.50. The molecule has 0 bridgehead atoms. The molecule has 0 spiro atoms. The number of carbonyl (C=O) groups is 1. The van der Waals surface area contributed by atoms with Crippen molar-refractivity contribution in [1.82, 2.24) is 9.88 Å². The number of anilines is 1. The lowest BCUT2D eigenvalue weighted by Crippen LogP contribution is -2.33. The van der Waals surface area contributed by atoms with E-state index in [2.05, 4.69) is 17.2 Å². The normalized spacial score (nSPS) is 12.0. The van der Waals surface area contributed by atoms with Crippen LogP contribution in [0.15, 0.2) is 18.5 Å². The van der Waals surface area contributed by atoms with Gasteiger partial charge in [-0.3, -0.25) is 9.78 Å². The molecule has 0 aliphatic carbocycles. The van der Waals surface area contributed by atoms with Crippen LogP contribution in [0.3, 0.4) is 0 Å². The zero-order chi connectivity index (χ0) is 13.5. The van der Waals surface area contributed by atoms with Crippen molar-refractivity contribution in [3.8, 4) is 0 Å². The minimum Gasteiger partial charge on any atom is -0.392 e. The van der Waals surface area contributed by atoms with E-state index in [-0.39, 0.29) is 5.91 Å². The number of hydrogen-bond acceptors (Lipinski definition) is 4. The molecule has 0 radical (unpaired) electrons.